The van der Waals surface area contributed by atoms with E-state index in [2.05, 4.69) is 15.4 Å². The van der Waals surface area contributed by atoms with Gasteiger partial charge in [-0.3, -0.25) is 4.68 Å². The van der Waals surface area contributed by atoms with E-state index in [4.69, 9.17) is 17.3 Å². The molecule has 0 fully saturated rings. The number of aryl methyl sites for hydroxylation is 1. The second kappa shape index (κ2) is 4.08. The van der Waals surface area contributed by atoms with Crippen LogP contribution in [-0.2, 0) is 13.6 Å². The lowest BCUT2D eigenvalue weighted by atomic mass is 10.3. The van der Waals surface area contributed by atoms with Crippen LogP contribution in [0.15, 0.2) is 11.6 Å². The fraction of sp³-hybridized carbons (Fsp3) is 0.250. The van der Waals surface area contributed by atoms with E-state index in [0.717, 1.165) is 10.7 Å². The number of hydrogen-bond acceptors (Lipinski definition) is 5. The molecular weight excluding hydrogens is 234 g/mol. The normalized spacial score (nSPS) is 10.5. The maximum atomic E-state index is 5.79. The minimum absolute atomic E-state index is 0.502. The number of thiazole rings is 1. The minimum atomic E-state index is 0.502. The molecule has 2 aromatic rings. The van der Waals surface area contributed by atoms with Crippen LogP contribution in [0.4, 0.5) is 10.9 Å². The Morgan fingerprint density at radius 3 is 3.00 bits per heavy atom. The van der Waals surface area contributed by atoms with Crippen LogP contribution in [0.5, 0.6) is 0 Å². The van der Waals surface area contributed by atoms with Crippen molar-refractivity contribution in [1.29, 1.82) is 0 Å². The molecular formula is C8H10ClN5S. The zero-order valence-electron chi connectivity index (χ0n) is 8.07. The zero-order chi connectivity index (χ0) is 10.8. The molecule has 5 nitrogen and oxygen atoms in total. The van der Waals surface area contributed by atoms with Gasteiger partial charge in [0.05, 0.1) is 6.20 Å². The summed E-state index contributed by atoms with van der Waals surface area (Å²) in [5.74, 6) is 0.658. The van der Waals surface area contributed by atoms with Gasteiger partial charge >= 0.3 is 0 Å². The average molecular weight is 244 g/mol. The summed E-state index contributed by atoms with van der Waals surface area (Å²) in [6.45, 7) is 0.601. The second-order valence-electron chi connectivity index (χ2n) is 3.01. The van der Waals surface area contributed by atoms with Crippen molar-refractivity contribution in [2.24, 2.45) is 7.05 Å². The van der Waals surface area contributed by atoms with Gasteiger partial charge in [-0.15, -0.1) is 11.3 Å². The van der Waals surface area contributed by atoms with Gasteiger partial charge in [0, 0.05) is 24.5 Å². The lowest BCUT2D eigenvalue weighted by Gasteiger charge is -2.01. The van der Waals surface area contributed by atoms with Gasteiger partial charge < -0.3 is 11.1 Å². The van der Waals surface area contributed by atoms with Gasteiger partial charge in [0.25, 0.3) is 0 Å². The number of nitrogens with zero attached hydrogens (tertiary/aromatic N) is 3. The van der Waals surface area contributed by atoms with Crippen LogP contribution in [0, 0.1) is 0 Å². The van der Waals surface area contributed by atoms with Gasteiger partial charge in [-0.2, -0.15) is 5.10 Å². The number of nitrogens with one attached hydrogen (secondary N) is 1. The topological polar surface area (TPSA) is 68.8 Å². The van der Waals surface area contributed by atoms with Crippen molar-refractivity contribution < 1.29 is 0 Å². The van der Waals surface area contributed by atoms with Crippen molar-refractivity contribution in [3.05, 3.63) is 22.3 Å². The van der Waals surface area contributed by atoms with Crippen molar-refractivity contribution in [3.8, 4) is 0 Å². The summed E-state index contributed by atoms with van der Waals surface area (Å²) in [5.41, 5.74) is 6.74. The highest BCUT2D eigenvalue weighted by atomic mass is 35.5. The first-order chi connectivity index (χ1) is 7.16. The predicted molar refractivity (Wildman–Crippen MR) is 62.1 cm³/mol. The van der Waals surface area contributed by atoms with E-state index >= 15 is 0 Å². The molecule has 0 saturated carbocycles. The standard InChI is InChI=1S/C8H10ClN5S/c1-14-7(10)5(3-12-14)2-11-8-13-6(9)4-15-8/h3-4H,2,10H2,1H3,(H,11,13). The molecule has 0 unspecified atom stereocenters. The van der Waals surface area contributed by atoms with Gasteiger partial charge in [-0.25, -0.2) is 4.98 Å². The number of anilines is 2. The molecule has 2 heterocycles. The highest BCUT2D eigenvalue weighted by Gasteiger charge is 2.05. The Hall–Kier alpha value is -1.27. The molecule has 0 bridgehead atoms. The van der Waals surface area contributed by atoms with E-state index in [9.17, 15) is 0 Å². The zero-order valence-corrected chi connectivity index (χ0v) is 9.64. The van der Waals surface area contributed by atoms with Crippen LogP contribution in [0.3, 0.4) is 0 Å². The summed E-state index contributed by atoms with van der Waals surface area (Å²) in [4.78, 5) is 4.07. The molecule has 0 aliphatic carbocycles. The van der Waals surface area contributed by atoms with E-state index in [-0.39, 0.29) is 0 Å². The van der Waals surface area contributed by atoms with Crippen LogP contribution in [0.1, 0.15) is 5.56 Å². The van der Waals surface area contributed by atoms with E-state index in [0.29, 0.717) is 17.5 Å². The van der Waals surface area contributed by atoms with Crippen LogP contribution >= 0.6 is 22.9 Å². The Bertz CT molecular complexity index is 463. The van der Waals surface area contributed by atoms with Crippen molar-refractivity contribution in [3.63, 3.8) is 0 Å². The Labute approximate surface area is 95.9 Å². The van der Waals surface area contributed by atoms with Crippen LogP contribution in [-0.4, -0.2) is 14.8 Å². The molecule has 0 spiro atoms. The number of nitrogens with two attached hydrogens (primary N) is 1. The molecule has 15 heavy (non-hydrogen) atoms. The van der Waals surface area contributed by atoms with E-state index in [1.165, 1.54) is 11.3 Å². The van der Waals surface area contributed by atoms with Crippen molar-refractivity contribution in [2.75, 3.05) is 11.1 Å². The maximum Gasteiger partial charge on any atom is 0.184 e. The summed E-state index contributed by atoms with van der Waals surface area (Å²) in [5, 5.41) is 10.2. The van der Waals surface area contributed by atoms with E-state index in [1.807, 2.05) is 0 Å². The third kappa shape index (κ3) is 2.21. The van der Waals surface area contributed by atoms with Gasteiger partial charge in [0.15, 0.2) is 5.13 Å². The first kappa shape index (κ1) is 10.3. The quantitative estimate of drug-likeness (QED) is 0.862. The minimum Gasteiger partial charge on any atom is -0.384 e. The molecule has 0 aromatic carbocycles. The average Bonchev–Trinajstić information content (AvgIpc) is 2.74. The molecule has 0 aliphatic rings. The largest absolute Gasteiger partial charge is 0.384 e. The smallest absolute Gasteiger partial charge is 0.184 e. The summed E-state index contributed by atoms with van der Waals surface area (Å²) in [6.07, 6.45) is 1.73. The first-order valence-electron chi connectivity index (χ1n) is 4.28. The van der Waals surface area contributed by atoms with Gasteiger partial charge in [0.1, 0.15) is 11.0 Å². The number of halogens is 1. The molecule has 7 heteroatoms. The maximum absolute atomic E-state index is 5.79. The summed E-state index contributed by atoms with van der Waals surface area (Å²) >= 11 is 7.15. The molecule has 0 atom stereocenters. The van der Waals surface area contributed by atoms with Crippen LogP contribution < -0.4 is 11.1 Å². The second-order valence-corrected chi connectivity index (χ2v) is 4.25. The third-order valence-electron chi connectivity index (χ3n) is 1.97. The van der Waals surface area contributed by atoms with Gasteiger partial charge in [-0.05, 0) is 0 Å². The van der Waals surface area contributed by atoms with Crippen LogP contribution in [0.2, 0.25) is 5.15 Å². The Balaban J connectivity index is 2.02. The lowest BCUT2D eigenvalue weighted by Crippen LogP contribution is -2.03. The molecule has 0 aliphatic heterocycles. The molecule has 0 saturated heterocycles. The fourth-order valence-electron chi connectivity index (χ4n) is 1.13. The highest BCUT2D eigenvalue weighted by Crippen LogP contribution is 2.20. The summed E-state index contributed by atoms with van der Waals surface area (Å²) in [7, 11) is 1.80. The molecule has 0 amide bonds. The number of nitrogen functional groups attached to an aromatic ring is 1. The fourth-order valence-corrected chi connectivity index (χ4v) is 1.97. The van der Waals surface area contributed by atoms with Crippen molar-refractivity contribution >= 4 is 33.9 Å². The molecule has 2 rings (SSSR count). The van der Waals surface area contributed by atoms with Crippen LogP contribution in [0.25, 0.3) is 0 Å². The van der Waals surface area contributed by atoms with E-state index in [1.54, 1.807) is 23.3 Å². The molecule has 3 N–H and O–H groups in total. The predicted octanol–water partition coefficient (Wildman–Crippen LogP) is 1.72. The summed E-state index contributed by atoms with van der Waals surface area (Å²) in [6, 6.07) is 0. The van der Waals surface area contributed by atoms with Gasteiger partial charge in [0.2, 0.25) is 0 Å². The van der Waals surface area contributed by atoms with Crippen molar-refractivity contribution in [1.82, 2.24) is 14.8 Å². The third-order valence-corrected chi connectivity index (χ3v) is 3.09. The van der Waals surface area contributed by atoms with E-state index < -0.39 is 0 Å². The number of rotatable bonds is 3. The SMILES string of the molecule is Cn1ncc(CNc2nc(Cl)cs2)c1N. The Kier molecular flexibility index (Phi) is 2.79. The Morgan fingerprint density at radius 1 is 1.67 bits per heavy atom. The van der Waals surface area contributed by atoms with Gasteiger partial charge in [-0.1, -0.05) is 11.6 Å². The number of aromatic nitrogens is 3. The summed E-state index contributed by atoms with van der Waals surface area (Å²) < 4.78 is 1.63. The van der Waals surface area contributed by atoms with Crippen molar-refractivity contribution in [2.45, 2.75) is 6.54 Å². The highest BCUT2D eigenvalue weighted by molar-refractivity contribution is 7.14. The molecule has 0 radical (unpaired) electrons. The monoisotopic (exact) mass is 243 g/mol. The molecule has 2 aromatic heterocycles. The Morgan fingerprint density at radius 2 is 2.47 bits per heavy atom. The first-order valence-corrected chi connectivity index (χ1v) is 5.54. The number of hydrogen-bond donors (Lipinski definition) is 2. The lowest BCUT2D eigenvalue weighted by molar-refractivity contribution is 0.778. The molecule has 80 valence electrons.